The van der Waals surface area contributed by atoms with Crippen molar-refractivity contribution < 1.29 is 33.8 Å². The van der Waals surface area contributed by atoms with Crippen LogP contribution in [-0.2, 0) is 20.7 Å². The van der Waals surface area contributed by atoms with E-state index in [1.54, 1.807) is 24.3 Å². The SMILES string of the molecule is O=C(NC(CSCCCP(=O)(O)O)C(=O)O)OCc1ccccc1. The number of hydrogen-bond acceptors (Lipinski definition) is 5. The lowest BCUT2D eigenvalue weighted by atomic mass is 10.2. The molecule has 8 nitrogen and oxygen atoms in total. The van der Waals surface area contributed by atoms with E-state index < -0.39 is 25.7 Å². The van der Waals surface area contributed by atoms with E-state index in [1.165, 1.54) is 11.8 Å². The first-order valence-corrected chi connectivity index (χ1v) is 10.1. The molecule has 4 N–H and O–H groups in total. The first-order valence-electron chi connectivity index (χ1n) is 7.10. The third-order valence-corrected chi connectivity index (χ3v) is 4.87. The molecule has 0 saturated carbocycles. The number of carboxylic acid groups (broad SMARTS) is 1. The van der Waals surface area contributed by atoms with Crippen LogP contribution in [0.5, 0.6) is 0 Å². The summed E-state index contributed by atoms with van der Waals surface area (Å²) in [6.45, 7) is 0.0362. The first kappa shape index (κ1) is 20.5. The van der Waals surface area contributed by atoms with Crippen molar-refractivity contribution in [3.05, 3.63) is 35.9 Å². The molecular formula is C14H20NO7PS. The van der Waals surface area contributed by atoms with Crippen LogP contribution in [0, 0.1) is 0 Å². The fourth-order valence-electron chi connectivity index (χ4n) is 1.66. The van der Waals surface area contributed by atoms with Crippen LogP contribution in [0.4, 0.5) is 4.79 Å². The van der Waals surface area contributed by atoms with Gasteiger partial charge in [-0.3, -0.25) is 4.57 Å². The van der Waals surface area contributed by atoms with Gasteiger partial charge in [-0.15, -0.1) is 0 Å². The monoisotopic (exact) mass is 377 g/mol. The van der Waals surface area contributed by atoms with Crippen LogP contribution in [0.1, 0.15) is 12.0 Å². The van der Waals surface area contributed by atoms with Crippen molar-refractivity contribution in [2.45, 2.75) is 19.1 Å². The lowest BCUT2D eigenvalue weighted by Gasteiger charge is -2.14. The topological polar surface area (TPSA) is 133 Å². The minimum Gasteiger partial charge on any atom is -0.480 e. The highest BCUT2D eigenvalue weighted by atomic mass is 32.2. The van der Waals surface area contributed by atoms with Crippen LogP contribution >= 0.6 is 19.4 Å². The molecule has 0 bridgehead atoms. The molecule has 0 aromatic heterocycles. The normalized spacial score (nSPS) is 12.4. The Kier molecular flexibility index (Phi) is 8.84. The number of benzene rings is 1. The summed E-state index contributed by atoms with van der Waals surface area (Å²) in [5.74, 6) is -0.735. The van der Waals surface area contributed by atoms with E-state index in [0.29, 0.717) is 5.75 Å². The largest absolute Gasteiger partial charge is 0.480 e. The molecule has 1 amide bonds. The van der Waals surface area contributed by atoms with Crippen molar-refractivity contribution in [3.63, 3.8) is 0 Å². The van der Waals surface area contributed by atoms with E-state index >= 15 is 0 Å². The lowest BCUT2D eigenvalue weighted by molar-refractivity contribution is -0.138. The van der Waals surface area contributed by atoms with Crippen LogP contribution in [0.3, 0.4) is 0 Å². The Labute approximate surface area is 143 Å². The molecule has 1 aromatic rings. The second-order valence-corrected chi connectivity index (χ2v) is 7.84. The molecule has 1 unspecified atom stereocenters. The van der Waals surface area contributed by atoms with Crippen molar-refractivity contribution in [2.75, 3.05) is 17.7 Å². The molecule has 1 atom stereocenters. The third kappa shape index (κ3) is 9.57. The Bertz CT molecular complexity index is 578. The smallest absolute Gasteiger partial charge is 0.408 e. The number of alkyl carbamates (subject to hydrolysis) is 1. The van der Waals surface area contributed by atoms with Gasteiger partial charge in [0.15, 0.2) is 0 Å². The highest BCUT2D eigenvalue weighted by molar-refractivity contribution is 7.99. The van der Waals surface area contributed by atoms with Crippen LogP contribution in [0.2, 0.25) is 0 Å². The number of amides is 1. The Morgan fingerprint density at radius 3 is 2.50 bits per heavy atom. The average Bonchev–Trinajstić information content (AvgIpc) is 2.51. The number of aliphatic carboxylic acids is 1. The number of carbonyl (C=O) groups is 2. The third-order valence-electron chi connectivity index (χ3n) is 2.83. The Morgan fingerprint density at radius 1 is 1.25 bits per heavy atom. The minimum absolute atomic E-state index is 0.0362. The summed E-state index contributed by atoms with van der Waals surface area (Å²) in [5.41, 5.74) is 0.784. The number of carbonyl (C=O) groups excluding carboxylic acids is 1. The molecule has 0 fully saturated rings. The molecule has 1 aromatic carbocycles. The molecule has 1 rings (SSSR count). The highest BCUT2D eigenvalue weighted by Gasteiger charge is 2.21. The first-order chi connectivity index (χ1) is 11.3. The quantitative estimate of drug-likeness (QED) is 0.357. The van der Waals surface area contributed by atoms with Gasteiger partial charge in [-0.25, -0.2) is 9.59 Å². The summed E-state index contributed by atoms with van der Waals surface area (Å²) in [6, 6.07) is 7.84. The van der Waals surface area contributed by atoms with E-state index in [2.05, 4.69) is 5.32 Å². The molecule has 0 saturated heterocycles. The fourth-order valence-corrected chi connectivity index (χ4v) is 3.42. The second-order valence-electron chi connectivity index (χ2n) is 4.91. The molecule has 0 spiro atoms. The van der Waals surface area contributed by atoms with Gasteiger partial charge in [0.1, 0.15) is 12.6 Å². The molecule has 24 heavy (non-hydrogen) atoms. The number of hydrogen-bond donors (Lipinski definition) is 4. The van der Waals surface area contributed by atoms with Gasteiger partial charge in [0.2, 0.25) is 0 Å². The molecule has 0 aliphatic rings. The van der Waals surface area contributed by atoms with Crippen molar-refractivity contribution in [1.29, 1.82) is 0 Å². The van der Waals surface area contributed by atoms with Crippen LogP contribution < -0.4 is 5.32 Å². The zero-order valence-electron chi connectivity index (χ0n) is 12.8. The summed E-state index contributed by atoms with van der Waals surface area (Å²) in [7, 11) is -4.03. The molecule has 0 aliphatic heterocycles. The summed E-state index contributed by atoms with van der Waals surface area (Å²) in [6.07, 6.45) is -0.814. The van der Waals surface area contributed by atoms with Gasteiger partial charge in [0.25, 0.3) is 0 Å². The predicted molar refractivity (Wildman–Crippen MR) is 90.0 cm³/mol. The number of carboxylic acids is 1. The maximum Gasteiger partial charge on any atom is 0.408 e. The van der Waals surface area contributed by atoms with Crippen LogP contribution in [-0.4, -0.2) is 50.7 Å². The molecule has 0 heterocycles. The molecule has 0 radical (unpaired) electrons. The number of rotatable bonds is 10. The average molecular weight is 377 g/mol. The van der Waals surface area contributed by atoms with Crippen LogP contribution in [0.25, 0.3) is 0 Å². The molecule has 0 aliphatic carbocycles. The summed E-state index contributed by atoms with van der Waals surface area (Å²) >= 11 is 1.19. The second kappa shape index (κ2) is 10.4. The lowest BCUT2D eigenvalue weighted by Crippen LogP contribution is -2.42. The summed E-state index contributed by atoms with van der Waals surface area (Å²) in [5, 5.41) is 11.3. The highest BCUT2D eigenvalue weighted by Crippen LogP contribution is 2.35. The van der Waals surface area contributed by atoms with Crippen molar-refractivity contribution in [3.8, 4) is 0 Å². The van der Waals surface area contributed by atoms with E-state index in [4.69, 9.17) is 19.6 Å². The van der Waals surface area contributed by atoms with Gasteiger partial charge in [0.05, 0.1) is 6.16 Å². The van der Waals surface area contributed by atoms with Gasteiger partial charge in [-0.1, -0.05) is 30.3 Å². The molecule has 134 valence electrons. The summed E-state index contributed by atoms with van der Waals surface area (Å²) in [4.78, 5) is 40.2. The Balaban J connectivity index is 2.30. The standard InChI is InChI=1S/C14H20NO7PS/c16-13(17)12(10-24-8-4-7-23(19,20)21)15-14(18)22-9-11-5-2-1-3-6-11/h1-3,5-6,12H,4,7-10H2,(H,15,18)(H,16,17)(H2,19,20,21). The van der Waals surface area contributed by atoms with E-state index in [9.17, 15) is 14.2 Å². The van der Waals surface area contributed by atoms with E-state index in [1.807, 2.05) is 6.07 Å². The number of thioether (sulfide) groups is 1. The maximum atomic E-state index is 11.6. The molecular weight excluding hydrogens is 357 g/mol. The summed E-state index contributed by atoms with van der Waals surface area (Å²) < 4.78 is 15.6. The van der Waals surface area contributed by atoms with Gasteiger partial charge in [-0.05, 0) is 17.7 Å². The Morgan fingerprint density at radius 2 is 1.92 bits per heavy atom. The van der Waals surface area contributed by atoms with Gasteiger partial charge in [-0.2, -0.15) is 11.8 Å². The maximum absolute atomic E-state index is 11.6. The van der Waals surface area contributed by atoms with Crippen molar-refractivity contribution in [2.24, 2.45) is 0 Å². The van der Waals surface area contributed by atoms with E-state index in [-0.39, 0.29) is 24.9 Å². The van der Waals surface area contributed by atoms with E-state index in [0.717, 1.165) is 5.56 Å². The van der Waals surface area contributed by atoms with Gasteiger partial charge < -0.3 is 24.9 Å². The Hall–Kier alpha value is -1.54. The number of ether oxygens (including phenoxy) is 1. The molecule has 10 heteroatoms. The van der Waals surface area contributed by atoms with Crippen LogP contribution in [0.15, 0.2) is 30.3 Å². The minimum atomic E-state index is -4.03. The van der Waals surface area contributed by atoms with Crippen molar-refractivity contribution >= 4 is 31.4 Å². The predicted octanol–water partition coefficient (Wildman–Crippen LogP) is 1.67. The van der Waals surface area contributed by atoms with Gasteiger partial charge in [0, 0.05) is 5.75 Å². The zero-order valence-corrected chi connectivity index (χ0v) is 14.5. The number of nitrogens with one attached hydrogen (secondary N) is 1. The van der Waals surface area contributed by atoms with Gasteiger partial charge >= 0.3 is 19.7 Å². The zero-order chi connectivity index (χ0) is 18.0. The fraction of sp³-hybridized carbons (Fsp3) is 0.429. The van der Waals surface area contributed by atoms with Crippen molar-refractivity contribution in [1.82, 2.24) is 5.32 Å².